The van der Waals surface area contributed by atoms with Gasteiger partial charge in [-0.05, 0) is 22.3 Å². The first-order valence-electron chi connectivity index (χ1n) is 7.28. The summed E-state index contributed by atoms with van der Waals surface area (Å²) in [4.78, 5) is 10.2. The zero-order valence-electron chi connectivity index (χ0n) is 12.2. The molecule has 0 bridgehead atoms. The average Bonchev–Trinajstić information content (AvgIpc) is 2.37. The Balaban J connectivity index is 2.12. The third-order valence-electron chi connectivity index (χ3n) is 3.62. The molecule has 0 fully saturated rings. The Morgan fingerprint density at radius 3 is 2.55 bits per heavy atom. The molecule has 108 valence electrons. The lowest BCUT2D eigenvalue weighted by molar-refractivity contribution is 0.457. The third-order valence-corrected chi connectivity index (χ3v) is 5.68. The van der Waals surface area contributed by atoms with Gasteiger partial charge in [0, 0.05) is 12.3 Å². The fourth-order valence-electron chi connectivity index (χ4n) is 2.76. The van der Waals surface area contributed by atoms with Crippen LogP contribution in [0.2, 0.25) is 0 Å². The molecular formula is C17H23O2P. The molecule has 20 heavy (non-hydrogen) atoms. The van der Waals surface area contributed by atoms with Gasteiger partial charge >= 0.3 is 0 Å². The van der Waals surface area contributed by atoms with Crippen LogP contribution >= 0.6 is 7.37 Å². The van der Waals surface area contributed by atoms with Crippen LogP contribution in [0.25, 0.3) is 10.8 Å². The maximum absolute atomic E-state index is 12.4. The van der Waals surface area contributed by atoms with Crippen molar-refractivity contribution in [3.63, 3.8) is 0 Å². The molecular weight excluding hydrogens is 267 g/mol. The third kappa shape index (κ3) is 4.19. The predicted molar refractivity (Wildman–Crippen MR) is 86.4 cm³/mol. The molecule has 0 aliphatic heterocycles. The molecule has 2 rings (SSSR count). The molecule has 1 N–H and O–H groups in total. The summed E-state index contributed by atoms with van der Waals surface area (Å²) in [5.41, 5.74) is 0.957. The van der Waals surface area contributed by atoms with Gasteiger partial charge in [0.15, 0.2) is 0 Å². The molecule has 2 unspecified atom stereocenters. The second kappa shape index (κ2) is 6.56. The van der Waals surface area contributed by atoms with Gasteiger partial charge in [0.25, 0.3) is 0 Å². The molecule has 0 saturated heterocycles. The number of benzene rings is 2. The van der Waals surface area contributed by atoms with E-state index in [1.165, 1.54) is 5.39 Å². The van der Waals surface area contributed by atoms with Crippen LogP contribution in [0.1, 0.15) is 32.3 Å². The van der Waals surface area contributed by atoms with Gasteiger partial charge in [0.2, 0.25) is 7.37 Å². The Labute approximate surface area is 121 Å². The van der Waals surface area contributed by atoms with Crippen LogP contribution in [0.5, 0.6) is 0 Å². The maximum Gasteiger partial charge on any atom is 0.205 e. The van der Waals surface area contributed by atoms with Gasteiger partial charge in [0.05, 0.1) is 0 Å². The quantitative estimate of drug-likeness (QED) is 0.756. The van der Waals surface area contributed by atoms with Crippen molar-refractivity contribution in [2.75, 3.05) is 6.16 Å². The highest BCUT2D eigenvalue weighted by atomic mass is 31.2. The summed E-state index contributed by atoms with van der Waals surface area (Å²) in [5, 5.41) is 2.30. The summed E-state index contributed by atoms with van der Waals surface area (Å²) in [5.74, 6) is 0.316. The monoisotopic (exact) mass is 290 g/mol. The minimum Gasteiger partial charge on any atom is -0.344 e. The van der Waals surface area contributed by atoms with Gasteiger partial charge < -0.3 is 4.89 Å². The highest BCUT2D eigenvalue weighted by Crippen LogP contribution is 2.47. The van der Waals surface area contributed by atoms with Crippen LogP contribution in [0, 0.1) is 5.92 Å². The minimum atomic E-state index is -3.08. The summed E-state index contributed by atoms with van der Waals surface area (Å²) in [6, 6.07) is 14.1. The Kier molecular flexibility index (Phi) is 5.01. The second-order valence-corrected chi connectivity index (χ2v) is 8.14. The van der Waals surface area contributed by atoms with E-state index in [4.69, 9.17) is 0 Å². The first kappa shape index (κ1) is 15.3. The SMILES string of the molecule is CCCC(C)CP(=O)(O)Cc1ccc2ccccc2c1. The van der Waals surface area contributed by atoms with Crippen molar-refractivity contribution in [3.8, 4) is 0 Å². The van der Waals surface area contributed by atoms with Crippen LogP contribution in [0.4, 0.5) is 0 Å². The molecule has 2 atom stereocenters. The van der Waals surface area contributed by atoms with Crippen molar-refractivity contribution in [1.82, 2.24) is 0 Å². The Hall–Kier alpha value is -1.11. The highest BCUT2D eigenvalue weighted by molar-refractivity contribution is 7.57. The van der Waals surface area contributed by atoms with E-state index in [1.807, 2.05) is 36.4 Å². The first-order valence-corrected chi connectivity index (χ1v) is 9.31. The first-order chi connectivity index (χ1) is 9.50. The molecule has 0 aliphatic carbocycles. The molecule has 3 heteroatoms. The lowest BCUT2D eigenvalue weighted by Crippen LogP contribution is -2.04. The van der Waals surface area contributed by atoms with Gasteiger partial charge in [-0.2, -0.15) is 0 Å². The molecule has 0 amide bonds. The number of rotatable bonds is 6. The molecule has 0 saturated carbocycles. The zero-order chi connectivity index (χ0) is 14.6. The highest BCUT2D eigenvalue weighted by Gasteiger charge is 2.22. The number of fused-ring (bicyclic) bond motifs is 1. The summed E-state index contributed by atoms with van der Waals surface area (Å²) >= 11 is 0. The largest absolute Gasteiger partial charge is 0.344 e. The molecule has 0 radical (unpaired) electrons. The van der Waals surface area contributed by atoms with E-state index in [0.717, 1.165) is 23.8 Å². The van der Waals surface area contributed by atoms with Gasteiger partial charge in [-0.15, -0.1) is 0 Å². The van der Waals surface area contributed by atoms with E-state index in [9.17, 15) is 9.46 Å². The Morgan fingerprint density at radius 1 is 1.15 bits per heavy atom. The van der Waals surface area contributed by atoms with Crippen LogP contribution in [0.15, 0.2) is 42.5 Å². The molecule has 0 aliphatic rings. The fourth-order valence-corrected chi connectivity index (χ4v) is 4.81. The lowest BCUT2D eigenvalue weighted by atomic mass is 10.1. The maximum atomic E-state index is 12.4. The molecule has 0 spiro atoms. The van der Waals surface area contributed by atoms with Gasteiger partial charge in [-0.25, -0.2) is 0 Å². The van der Waals surface area contributed by atoms with Crippen LogP contribution < -0.4 is 0 Å². The van der Waals surface area contributed by atoms with Crippen LogP contribution in [-0.4, -0.2) is 11.1 Å². The van der Waals surface area contributed by atoms with Crippen molar-refractivity contribution < 1.29 is 9.46 Å². The van der Waals surface area contributed by atoms with Gasteiger partial charge in [0.1, 0.15) is 0 Å². The summed E-state index contributed by atoms with van der Waals surface area (Å²) < 4.78 is 12.4. The van der Waals surface area contributed by atoms with Gasteiger partial charge in [-0.1, -0.05) is 69.2 Å². The topological polar surface area (TPSA) is 37.3 Å². The molecule has 0 aromatic heterocycles. The fraction of sp³-hybridized carbons (Fsp3) is 0.412. The number of hydrogen-bond acceptors (Lipinski definition) is 1. The average molecular weight is 290 g/mol. The van der Waals surface area contributed by atoms with E-state index in [2.05, 4.69) is 19.9 Å². The minimum absolute atomic E-state index is 0.284. The van der Waals surface area contributed by atoms with Crippen molar-refractivity contribution in [2.24, 2.45) is 5.92 Å². The molecule has 2 aromatic rings. The van der Waals surface area contributed by atoms with Crippen molar-refractivity contribution in [3.05, 3.63) is 48.0 Å². The number of hydrogen-bond donors (Lipinski definition) is 1. The van der Waals surface area contributed by atoms with Crippen molar-refractivity contribution >= 4 is 18.1 Å². The van der Waals surface area contributed by atoms with Crippen LogP contribution in [-0.2, 0) is 10.7 Å². The summed E-state index contributed by atoms with van der Waals surface area (Å²) in [6.07, 6.45) is 2.79. The van der Waals surface area contributed by atoms with Crippen molar-refractivity contribution in [1.29, 1.82) is 0 Å². The smallest absolute Gasteiger partial charge is 0.205 e. The Bertz CT molecular complexity index is 621. The van der Waals surface area contributed by atoms with Crippen molar-refractivity contribution in [2.45, 2.75) is 32.9 Å². The van der Waals surface area contributed by atoms with Gasteiger partial charge in [-0.3, -0.25) is 4.57 Å². The Morgan fingerprint density at radius 2 is 1.85 bits per heavy atom. The van der Waals surface area contributed by atoms with E-state index >= 15 is 0 Å². The normalized spacial score (nSPS) is 15.9. The predicted octanol–water partition coefficient (Wildman–Crippen LogP) is 5.05. The van der Waals surface area contributed by atoms with E-state index in [-0.39, 0.29) is 6.16 Å². The van der Waals surface area contributed by atoms with E-state index in [0.29, 0.717) is 12.1 Å². The van der Waals surface area contributed by atoms with E-state index < -0.39 is 7.37 Å². The standard InChI is InChI=1S/C17H23O2P/c1-3-6-14(2)12-20(18,19)13-15-9-10-16-7-4-5-8-17(16)11-15/h4-5,7-11,14H,3,6,12-13H2,1-2H3,(H,18,19). The molecule has 2 aromatic carbocycles. The summed E-state index contributed by atoms with van der Waals surface area (Å²) in [7, 11) is -3.08. The van der Waals surface area contributed by atoms with Crippen LogP contribution in [0.3, 0.4) is 0 Å². The second-order valence-electron chi connectivity index (χ2n) is 5.76. The zero-order valence-corrected chi connectivity index (χ0v) is 13.1. The molecule has 2 nitrogen and oxygen atoms in total. The van der Waals surface area contributed by atoms with E-state index in [1.54, 1.807) is 0 Å². The molecule has 0 heterocycles. The lowest BCUT2D eigenvalue weighted by Gasteiger charge is -2.16. The summed E-state index contributed by atoms with van der Waals surface area (Å²) in [6.45, 7) is 4.18.